The average molecular weight is 273 g/mol. The van der Waals surface area contributed by atoms with Crippen LogP contribution in [0.1, 0.15) is 38.3 Å². The Morgan fingerprint density at radius 3 is 2.33 bits per heavy atom. The van der Waals surface area contributed by atoms with Gasteiger partial charge in [-0.15, -0.1) is 0 Å². The maximum atomic E-state index is 13.1. The highest BCUT2D eigenvalue weighted by Crippen LogP contribution is 2.28. The summed E-state index contributed by atoms with van der Waals surface area (Å²) in [4.78, 5) is 2.32. The van der Waals surface area contributed by atoms with Gasteiger partial charge >= 0.3 is 0 Å². The van der Waals surface area contributed by atoms with E-state index in [4.69, 9.17) is 17.3 Å². The quantitative estimate of drug-likeness (QED) is 0.822. The monoisotopic (exact) mass is 272 g/mol. The Morgan fingerprint density at radius 2 is 1.89 bits per heavy atom. The molecule has 0 spiro atoms. The minimum atomic E-state index is -0.308. The van der Waals surface area contributed by atoms with E-state index in [1.54, 1.807) is 6.07 Å². The van der Waals surface area contributed by atoms with Crippen molar-refractivity contribution in [3.8, 4) is 0 Å². The van der Waals surface area contributed by atoms with E-state index >= 15 is 0 Å². The number of hydrogen-bond donors (Lipinski definition) is 1. The Kier molecular flexibility index (Phi) is 6.61. The highest BCUT2D eigenvalue weighted by molar-refractivity contribution is 6.31. The molecular weight excluding hydrogens is 251 g/mol. The summed E-state index contributed by atoms with van der Waals surface area (Å²) in [5.74, 6) is -0.308. The fourth-order valence-electron chi connectivity index (χ4n) is 2.24. The molecule has 18 heavy (non-hydrogen) atoms. The van der Waals surface area contributed by atoms with Crippen molar-refractivity contribution in [2.75, 3.05) is 19.6 Å². The minimum Gasteiger partial charge on any atom is -0.329 e. The summed E-state index contributed by atoms with van der Waals surface area (Å²) in [7, 11) is 0. The lowest BCUT2D eigenvalue weighted by Gasteiger charge is -2.31. The molecule has 102 valence electrons. The lowest BCUT2D eigenvalue weighted by Crippen LogP contribution is -2.35. The van der Waals surface area contributed by atoms with Crippen LogP contribution in [0.2, 0.25) is 5.02 Å². The molecule has 2 N–H and O–H groups in total. The van der Waals surface area contributed by atoms with E-state index in [0.29, 0.717) is 11.6 Å². The van der Waals surface area contributed by atoms with Crippen molar-refractivity contribution < 1.29 is 4.39 Å². The Bertz CT molecular complexity index is 365. The number of rotatable bonds is 7. The lowest BCUT2D eigenvalue weighted by atomic mass is 10.0. The molecule has 0 aliphatic rings. The molecule has 2 nitrogen and oxygen atoms in total. The second-order valence-electron chi connectivity index (χ2n) is 4.45. The minimum absolute atomic E-state index is 0.0676. The van der Waals surface area contributed by atoms with Crippen LogP contribution in [0.3, 0.4) is 0 Å². The molecule has 0 amide bonds. The summed E-state index contributed by atoms with van der Waals surface area (Å²) in [6.07, 6.45) is 2.13. The molecule has 4 heteroatoms. The molecule has 0 aliphatic heterocycles. The molecule has 0 aromatic heterocycles. The molecule has 1 aromatic rings. The number of nitrogens with zero attached hydrogens (tertiary/aromatic N) is 1. The van der Waals surface area contributed by atoms with Crippen LogP contribution in [0.4, 0.5) is 4.39 Å². The second-order valence-corrected chi connectivity index (χ2v) is 4.86. The third-order valence-corrected chi connectivity index (χ3v) is 3.33. The van der Waals surface area contributed by atoms with Gasteiger partial charge in [-0.05, 0) is 43.6 Å². The van der Waals surface area contributed by atoms with E-state index in [1.165, 1.54) is 12.1 Å². The van der Waals surface area contributed by atoms with Gasteiger partial charge in [0.2, 0.25) is 0 Å². The van der Waals surface area contributed by atoms with Gasteiger partial charge in [-0.2, -0.15) is 0 Å². The number of benzene rings is 1. The lowest BCUT2D eigenvalue weighted by molar-refractivity contribution is 0.202. The van der Waals surface area contributed by atoms with E-state index in [2.05, 4.69) is 18.7 Å². The SMILES string of the molecule is CCCN(CCC)C(CN)c1ccc(F)cc1Cl. The summed E-state index contributed by atoms with van der Waals surface area (Å²) in [5.41, 5.74) is 6.80. The van der Waals surface area contributed by atoms with Gasteiger partial charge in [-0.25, -0.2) is 4.39 Å². The van der Waals surface area contributed by atoms with Crippen molar-refractivity contribution in [3.05, 3.63) is 34.6 Å². The molecule has 0 radical (unpaired) electrons. The van der Waals surface area contributed by atoms with E-state index in [9.17, 15) is 4.39 Å². The van der Waals surface area contributed by atoms with Gasteiger partial charge in [0.25, 0.3) is 0 Å². The zero-order valence-corrected chi connectivity index (χ0v) is 11.9. The van der Waals surface area contributed by atoms with Crippen molar-refractivity contribution in [2.45, 2.75) is 32.7 Å². The first kappa shape index (κ1) is 15.4. The van der Waals surface area contributed by atoms with Crippen LogP contribution >= 0.6 is 11.6 Å². The van der Waals surface area contributed by atoms with E-state index in [0.717, 1.165) is 31.5 Å². The Morgan fingerprint density at radius 1 is 1.28 bits per heavy atom. The molecule has 0 heterocycles. The molecule has 1 unspecified atom stereocenters. The van der Waals surface area contributed by atoms with Crippen LogP contribution in [0.25, 0.3) is 0 Å². The smallest absolute Gasteiger partial charge is 0.124 e. The predicted octanol–water partition coefficient (Wildman–Crippen LogP) is 3.60. The molecule has 0 saturated heterocycles. The van der Waals surface area contributed by atoms with Gasteiger partial charge in [0, 0.05) is 17.6 Å². The third kappa shape index (κ3) is 3.94. The first-order valence-corrected chi connectivity index (χ1v) is 6.90. The molecule has 1 rings (SSSR count). The van der Waals surface area contributed by atoms with E-state index in [1.807, 2.05) is 0 Å². The Balaban J connectivity index is 2.98. The molecule has 0 fully saturated rings. The van der Waals surface area contributed by atoms with E-state index < -0.39 is 0 Å². The summed E-state index contributed by atoms with van der Waals surface area (Å²) in [6, 6.07) is 4.61. The van der Waals surface area contributed by atoms with Crippen molar-refractivity contribution in [3.63, 3.8) is 0 Å². The van der Waals surface area contributed by atoms with Crippen LogP contribution in [-0.4, -0.2) is 24.5 Å². The van der Waals surface area contributed by atoms with Gasteiger partial charge < -0.3 is 5.73 Å². The Hall–Kier alpha value is -0.640. The van der Waals surface area contributed by atoms with Crippen LogP contribution in [0.5, 0.6) is 0 Å². The largest absolute Gasteiger partial charge is 0.329 e. The van der Waals surface area contributed by atoms with Crippen molar-refractivity contribution in [1.29, 1.82) is 0 Å². The normalized spacial score (nSPS) is 13.0. The second kappa shape index (κ2) is 7.72. The third-order valence-electron chi connectivity index (χ3n) is 3.01. The first-order chi connectivity index (χ1) is 8.63. The van der Waals surface area contributed by atoms with Crippen molar-refractivity contribution >= 4 is 11.6 Å². The molecular formula is C14H22ClFN2. The fourth-order valence-corrected chi connectivity index (χ4v) is 2.54. The van der Waals surface area contributed by atoms with Crippen molar-refractivity contribution in [2.24, 2.45) is 5.73 Å². The molecule has 0 bridgehead atoms. The summed E-state index contributed by atoms with van der Waals surface area (Å²) in [6.45, 7) is 6.73. The van der Waals surface area contributed by atoms with Gasteiger partial charge in [0.05, 0.1) is 0 Å². The Labute approximate surface area is 114 Å². The summed E-state index contributed by atoms with van der Waals surface area (Å²) >= 11 is 6.13. The fraction of sp³-hybridized carbons (Fsp3) is 0.571. The number of nitrogens with two attached hydrogens (primary N) is 1. The molecule has 1 atom stereocenters. The molecule has 0 aliphatic carbocycles. The van der Waals surface area contributed by atoms with Crippen LogP contribution < -0.4 is 5.73 Å². The maximum absolute atomic E-state index is 13.1. The van der Waals surface area contributed by atoms with Gasteiger partial charge in [-0.1, -0.05) is 31.5 Å². The van der Waals surface area contributed by atoms with Crippen LogP contribution in [0.15, 0.2) is 18.2 Å². The van der Waals surface area contributed by atoms with Crippen LogP contribution in [0, 0.1) is 5.82 Å². The highest BCUT2D eigenvalue weighted by atomic mass is 35.5. The zero-order chi connectivity index (χ0) is 13.5. The molecule has 1 aromatic carbocycles. The number of halogens is 2. The van der Waals surface area contributed by atoms with Crippen molar-refractivity contribution in [1.82, 2.24) is 4.90 Å². The summed E-state index contributed by atoms with van der Waals surface area (Å²) in [5, 5.41) is 0.461. The topological polar surface area (TPSA) is 29.3 Å². The van der Waals surface area contributed by atoms with E-state index in [-0.39, 0.29) is 11.9 Å². The zero-order valence-electron chi connectivity index (χ0n) is 11.1. The first-order valence-electron chi connectivity index (χ1n) is 6.53. The average Bonchev–Trinajstić information content (AvgIpc) is 2.33. The number of hydrogen-bond acceptors (Lipinski definition) is 2. The maximum Gasteiger partial charge on any atom is 0.124 e. The summed E-state index contributed by atoms with van der Waals surface area (Å²) < 4.78 is 13.1. The van der Waals surface area contributed by atoms with Crippen LogP contribution in [-0.2, 0) is 0 Å². The highest BCUT2D eigenvalue weighted by Gasteiger charge is 2.20. The van der Waals surface area contributed by atoms with Gasteiger partial charge in [0.15, 0.2) is 0 Å². The van der Waals surface area contributed by atoms with Gasteiger partial charge in [-0.3, -0.25) is 4.90 Å². The molecule has 0 saturated carbocycles. The predicted molar refractivity (Wildman–Crippen MR) is 75.4 cm³/mol. The standard InChI is InChI=1S/C14H22ClFN2/c1-3-7-18(8-4-2)14(10-17)12-6-5-11(16)9-13(12)15/h5-6,9,14H,3-4,7-8,10,17H2,1-2H3. The van der Waals surface area contributed by atoms with Gasteiger partial charge in [0.1, 0.15) is 5.82 Å².